The standard InChI is InChI=1S/C58H35N3S/c1-2-16-36(17-3-1)40-20-4-5-25-48(40)57-60-55(38-19-14-18-37(34-38)41-26-15-27-47-46-24-9-13-31-53(46)62-54(41)47)59-56(61-57)39-32-33-45-44-23-8-12-30-51(44)58(52(45)35-39)49-28-10-6-21-42(49)43-22-7-11-29-50(43)58/h1-35H. The molecule has 62 heavy (non-hydrogen) atoms. The third-order valence-corrected chi connectivity index (χ3v) is 14.2. The van der Waals surface area contributed by atoms with Crippen LogP contribution in [0.2, 0.25) is 0 Å². The monoisotopic (exact) mass is 805 g/mol. The van der Waals surface area contributed by atoms with Crippen LogP contribution in [0.4, 0.5) is 0 Å². The van der Waals surface area contributed by atoms with Crippen LogP contribution in [-0.2, 0) is 5.41 Å². The molecule has 0 aliphatic heterocycles. The molecule has 3 nitrogen and oxygen atoms in total. The number of rotatable bonds is 5. The Morgan fingerprint density at radius 3 is 1.48 bits per heavy atom. The van der Waals surface area contributed by atoms with E-state index < -0.39 is 5.41 Å². The normalized spacial score (nSPS) is 13.0. The van der Waals surface area contributed by atoms with Crippen molar-refractivity contribution in [1.82, 2.24) is 15.0 Å². The van der Waals surface area contributed by atoms with Gasteiger partial charge >= 0.3 is 0 Å². The van der Waals surface area contributed by atoms with E-state index in [-0.39, 0.29) is 0 Å². The van der Waals surface area contributed by atoms with Gasteiger partial charge in [0.2, 0.25) is 0 Å². The minimum atomic E-state index is -0.477. The average molecular weight is 806 g/mol. The average Bonchev–Trinajstić information content (AvgIpc) is 3.98. The lowest BCUT2D eigenvalue weighted by atomic mass is 9.70. The lowest BCUT2D eigenvalue weighted by molar-refractivity contribution is 0.794. The molecule has 0 saturated heterocycles. The van der Waals surface area contributed by atoms with Crippen molar-refractivity contribution in [2.45, 2.75) is 5.41 Å². The van der Waals surface area contributed by atoms with Crippen LogP contribution in [0.1, 0.15) is 22.3 Å². The third kappa shape index (κ3) is 5.08. The van der Waals surface area contributed by atoms with Crippen molar-refractivity contribution in [3.8, 4) is 78.7 Å². The molecule has 0 N–H and O–H groups in total. The molecule has 1 spiro atoms. The van der Waals surface area contributed by atoms with E-state index in [9.17, 15) is 0 Å². The quantitative estimate of drug-likeness (QED) is 0.174. The van der Waals surface area contributed by atoms with E-state index in [1.807, 2.05) is 11.3 Å². The fraction of sp³-hybridized carbons (Fsp3) is 0.0172. The largest absolute Gasteiger partial charge is 0.208 e. The summed E-state index contributed by atoms with van der Waals surface area (Å²) in [6, 6.07) is 76.6. The van der Waals surface area contributed by atoms with Crippen LogP contribution in [0.25, 0.3) is 98.8 Å². The lowest BCUT2D eigenvalue weighted by Crippen LogP contribution is -2.25. The van der Waals surface area contributed by atoms with Crippen LogP contribution in [0, 0.1) is 0 Å². The highest BCUT2D eigenvalue weighted by atomic mass is 32.1. The molecule has 0 fully saturated rings. The maximum absolute atomic E-state index is 5.39. The van der Waals surface area contributed by atoms with Gasteiger partial charge in [-0.15, -0.1) is 11.3 Å². The summed E-state index contributed by atoms with van der Waals surface area (Å²) >= 11 is 1.85. The number of thiophene rings is 1. The van der Waals surface area contributed by atoms with Crippen molar-refractivity contribution < 1.29 is 0 Å². The van der Waals surface area contributed by atoms with Crippen LogP contribution in [0.15, 0.2) is 212 Å². The Hall–Kier alpha value is -7.79. The molecule has 2 aliphatic carbocycles. The van der Waals surface area contributed by atoms with Crippen molar-refractivity contribution in [1.29, 1.82) is 0 Å². The smallest absolute Gasteiger partial charge is 0.164 e. The number of nitrogens with zero attached hydrogens (tertiary/aromatic N) is 3. The Balaban J connectivity index is 1.04. The predicted octanol–water partition coefficient (Wildman–Crippen LogP) is 14.9. The first-order valence-electron chi connectivity index (χ1n) is 21.1. The van der Waals surface area contributed by atoms with E-state index in [0.717, 1.165) is 33.4 Å². The van der Waals surface area contributed by atoms with Gasteiger partial charge in [-0.1, -0.05) is 194 Å². The van der Waals surface area contributed by atoms with Gasteiger partial charge in [-0.2, -0.15) is 0 Å². The minimum Gasteiger partial charge on any atom is -0.208 e. The zero-order valence-electron chi connectivity index (χ0n) is 33.5. The summed E-state index contributed by atoms with van der Waals surface area (Å²) in [5.74, 6) is 1.91. The van der Waals surface area contributed by atoms with Gasteiger partial charge in [0.15, 0.2) is 17.5 Å². The van der Waals surface area contributed by atoms with E-state index in [1.165, 1.54) is 70.2 Å². The SMILES string of the molecule is c1ccc(-c2ccccc2-c2nc(-c3cccc(-c4cccc5c4sc4ccccc45)c3)nc(-c3ccc4c(c3)C3(c5ccccc5-c5ccccc53)c3ccccc3-4)n2)cc1. The molecule has 4 heteroatoms. The van der Waals surface area contributed by atoms with Gasteiger partial charge in [0.1, 0.15) is 0 Å². The lowest BCUT2D eigenvalue weighted by Gasteiger charge is -2.30. The Morgan fingerprint density at radius 1 is 0.290 bits per heavy atom. The first kappa shape index (κ1) is 35.0. The maximum Gasteiger partial charge on any atom is 0.164 e. The van der Waals surface area contributed by atoms with E-state index in [1.54, 1.807) is 0 Å². The molecular weight excluding hydrogens is 771 g/mol. The van der Waals surface area contributed by atoms with E-state index >= 15 is 0 Å². The number of hydrogen-bond acceptors (Lipinski definition) is 4. The van der Waals surface area contributed by atoms with Gasteiger partial charge in [0.25, 0.3) is 0 Å². The summed E-state index contributed by atoms with van der Waals surface area (Å²) in [7, 11) is 0. The summed E-state index contributed by atoms with van der Waals surface area (Å²) in [5, 5.41) is 2.57. The van der Waals surface area contributed by atoms with Crippen molar-refractivity contribution in [2.24, 2.45) is 0 Å². The van der Waals surface area contributed by atoms with Gasteiger partial charge in [-0.3, -0.25) is 0 Å². The highest BCUT2D eigenvalue weighted by Gasteiger charge is 2.51. The van der Waals surface area contributed by atoms with Gasteiger partial charge in [0.05, 0.1) is 5.41 Å². The minimum absolute atomic E-state index is 0.477. The summed E-state index contributed by atoms with van der Waals surface area (Å²) in [5.41, 5.74) is 17.1. The molecule has 0 radical (unpaired) electrons. The van der Waals surface area contributed by atoms with E-state index in [2.05, 4.69) is 212 Å². The summed E-state index contributed by atoms with van der Waals surface area (Å²) in [6.07, 6.45) is 0. The predicted molar refractivity (Wildman–Crippen MR) is 256 cm³/mol. The molecule has 0 bridgehead atoms. The van der Waals surface area contributed by atoms with Gasteiger partial charge in [-0.05, 0) is 85.0 Å². The van der Waals surface area contributed by atoms with Crippen molar-refractivity contribution in [3.05, 3.63) is 235 Å². The van der Waals surface area contributed by atoms with Crippen molar-refractivity contribution >= 4 is 31.5 Å². The molecular formula is C58H35N3S. The summed E-state index contributed by atoms with van der Waals surface area (Å²) in [4.78, 5) is 16.1. The molecule has 9 aromatic carbocycles. The Labute approximate surface area is 363 Å². The molecule has 2 aromatic heterocycles. The van der Waals surface area contributed by atoms with Crippen LogP contribution >= 0.6 is 11.3 Å². The molecule has 0 amide bonds. The summed E-state index contributed by atoms with van der Waals surface area (Å²) in [6.45, 7) is 0. The number of aromatic nitrogens is 3. The molecule has 0 saturated carbocycles. The van der Waals surface area contributed by atoms with Crippen LogP contribution < -0.4 is 0 Å². The second-order valence-corrected chi connectivity index (χ2v) is 17.3. The first-order valence-corrected chi connectivity index (χ1v) is 21.9. The highest BCUT2D eigenvalue weighted by Crippen LogP contribution is 2.63. The fourth-order valence-electron chi connectivity index (χ4n) is 10.3. The second-order valence-electron chi connectivity index (χ2n) is 16.2. The molecule has 13 rings (SSSR count). The first-order chi connectivity index (χ1) is 30.7. The van der Waals surface area contributed by atoms with E-state index in [0.29, 0.717) is 17.5 Å². The topological polar surface area (TPSA) is 38.7 Å². The van der Waals surface area contributed by atoms with Crippen LogP contribution in [-0.4, -0.2) is 15.0 Å². The zero-order valence-corrected chi connectivity index (χ0v) is 34.3. The molecule has 2 aliphatic rings. The number of hydrogen-bond donors (Lipinski definition) is 0. The van der Waals surface area contributed by atoms with E-state index in [4.69, 9.17) is 15.0 Å². The fourth-order valence-corrected chi connectivity index (χ4v) is 11.6. The second kappa shape index (κ2) is 13.6. The Bertz CT molecular complexity index is 3540. The molecule has 2 heterocycles. The van der Waals surface area contributed by atoms with Crippen molar-refractivity contribution in [3.63, 3.8) is 0 Å². The number of benzene rings is 9. The van der Waals surface area contributed by atoms with Gasteiger partial charge in [-0.25, -0.2) is 15.0 Å². The summed E-state index contributed by atoms with van der Waals surface area (Å²) < 4.78 is 2.57. The Morgan fingerprint density at radius 2 is 0.774 bits per heavy atom. The number of fused-ring (bicyclic) bond motifs is 13. The molecule has 0 atom stereocenters. The third-order valence-electron chi connectivity index (χ3n) is 13.0. The van der Waals surface area contributed by atoms with Crippen molar-refractivity contribution in [2.75, 3.05) is 0 Å². The molecule has 288 valence electrons. The maximum atomic E-state index is 5.39. The highest BCUT2D eigenvalue weighted by molar-refractivity contribution is 7.26. The zero-order chi connectivity index (χ0) is 40.8. The molecule has 0 unspecified atom stereocenters. The van der Waals surface area contributed by atoms with Crippen LogP contribution in [0.3, 0.4) is 0 Å². The molecule has 11 aromatic rings. The van der Waals surface area contributed by atoms with Gasteiger partial charge in [0, 0.05) is 36.9 Å². The van der Waals surface area contributed by atoms with Crippen LogP contribution in [0.5, 0.6) is 0 Å². The Kier molecular flexibility index (Phi) is 7.69. The van der Waals surface area contributed by atoms with Gasteiger partial charge < -0.3 is 0 Å².